The Morgan fingerprint density at radius 2 is 2.27 bits per heavy atom. The second-order valence-electron chi connectivity index (χ2n) is 2.99. The van der Waals surface area contributed by atoms with Crippen molar-refractivity contribution in [1.82, 2.24) is 10.1 Å². The summed E-state index contributed by atoms with van der Waals surface area (Å²) in [6.07, 6.45) is 0. The largest absolute Gasteiger partial charge is 0.330 e. The van der Waals surface area contributed by atoms with Gasteiger partial charge in [0.2, 0.25) is 11.6 Å². The molecule has 0 saturated heterocycles. The van der Waals surface area contributed by atoms with Gasteiger partial charge in [0.05, 0.1) is 0 Å². The van der Waals surface area contributed by atoms with Gasteiger partial charge in [0.15, 0.2) is 0 Å². The molecule has 76 valence electrons. The Bertz CT molecular complexity index is 508. The van der Waals surface area contributed by atoms with E-state index in [1.165, 1.54) is 6.92 Å². The number of Topliss-reactive ketones (excluding diaryl/α,β-unsaturated/α-hetero) is 1. The van der Waals surface area contributed by atoms with E-state index in [2.05, 4.69) is 26.1 Å². The summed E-state index contributed by atoms with van der Waals surface area (Å²) in [5.41, 5.74) is 0.806. The van der Waals surface area contributed by atoms with Gasteiger partial charge in [-0.25, -0.2) is 0 Å². The molecule has 2 rings (SSSR count). The van der Waals surface area contributed by atoms with Crippen LogP contribution < -0.4 is 0 Å². The molecular formula is C10H7BrN2O2. The molecule has 1 heterocycles. The van der Waals surface area contributed by atoms with E-state index in [9.17, 15) is 4.79 Å². The topological polar surface area (TPSA) is 56.0 Å². The van der Waals surface area contributed by atoms with Gasteiger partial charge in [0.25, 0.3) is 5.89 Å². The molecule has 0 aliphatic rings. The lowest BCUT2D eigenvalue weighted by atomic mass is 10.2. The number of nitrogens with zero attached hydrogens (tertiary/aromatic N) is 2. The Morgan fingerprint density at radius 1 is 1.47 bits per heavy atom. The number of aromatic nitrogens is 2. The van der Waals surface area contributed by atoms with Crippen molar-refractivity contribution in [3.8, 4) is 11.4 Å². The smallest absolute Gasteiger partial charge is 0.294 e. The zero-order valence-electron chi connectivity index (χ0n) is 7.90. The van der Waals surface area contributed by atoms with Gasteiger partial charge in [-0.3, -0.25) is 4.79 Å². The van der Waals surface area contributed by atoms with Crippen LogP contribution >= 0.6 is 15.9 Å². The predicted octanol–water partition coefficient (Wildman–Crippen LogP) is 2.70. The number of hydrogen-bond acceptors (Lipinski definition) is 4. The van der Waals surface area contributed by atoms with Gasteiger partial charge in [-0.05, 0) is 12.1 Å². The first kappa shape index (κ1) is 10.0. The van der Waals surface area contributed by atoms with Crippen LogP contribution in [0.3, 0.4) is 0 Å². The van der Waals surface area contributed by atoms with Gasteiger partial charge in [-0.15, -0.1) is 0 Å². The van der Waals surface area contributed by atoms with Gasteiger partial charge in [-0.1, -0.05) is 33.2 Å². The summed E-state index contributed by atoms with van der Waals surface area (Å²) in [6.45, 7) is 1.39. The van der Waals surface area contributed by atoms with Crippen LogP contribution in [-0.4, -0.2) is 15.9 Å². The highest BCUT2D eigenvalue weighted by Crippen LogP contribution is 2.20. The maximum absolute atomic E-state index is 11.0. The third kappa shape index (κ3) is 2.12. The molecule has 0 N–H and O–H groups in total. The van der Waals surface area contributed by atoms with Crippen molar-refractivity contribution in [3.05, 3.63) is 34.6 Å². The van der Waals surface area contributed by atoms with Crippen LogP contribution in [0.2, 0.25) is 0 Å². The highest BCUT2D eigenvalue weighted by molar-refractivity contribution is 9.10. The number of halogens is 1. The first-order valence-corrected chi connectivity index (χ1v) is 5.06. The van der Waals surface area contributed by atoms with E-state index >= 15 is 0 Å². The summed E-state index contributed by atoms with van der Waals surface area (Å²) >= 11 is 3.34. The van der Waals surface area contributed by atoms with Crippen LogP contribution in [0.5, 0.6) is 0 Å². The summed E-state index contributed by atoms with van der Waals surface area (Å²) in [6, 6.07) is 7.47. The molecule has 1 aromatic carbocycles. The van der Waals surface area contributed by atoms with Gasteiger partial charge in [0, 0.05) is 17.0 Å². The molecule has 0 unspecified atom stereocenters. The van der Waals surface area contributed by atoms with Gasteiger partial charge in [0.1, 0.15) is 0 Å². The molecule has 0 radical (unpaired) electrons. The average Bonchev–Trinajstić information content (AvgIpc) is 2.66. The van der Waals surface area contributed by atoms with Crippen molar-refractivity contribution in [1.29, 1.82) is 0 Å². The number of benzene rings is 1. The summed E-state index contributed by atoms with van der Waals surface area (Å²) in [5, 5.41) is 3.72. The van der Waals surface area contributed by atoms with Crippen molar-refractivity contribution in [2.45, 2.75) is 6.92 Å². The third-order valence-electron chi connectivity index (χ3n) is 1.81. The van der Waals surface area contributed by atoms with Gasteiger partial charge >= 0.3 is 0 Å². The summed E-state index contributed by atoms with van der Waals surface area (Å²) < 4.78 is 5.72. The normalized spacial score (nSPS) is 10.3. The Hall–Kier alpha value is -1.49. The second-order valence-corrected chi connectivity index (χ2v) is 3.91. The Balaban J connectivity index is 2.41. The maximum Gasteiger partial charge on any atom is 0.294 e. The molecule has 0 atom stereocenters. The fourth-order valence-corrected chi connectivity index (χ4v) is 1.51. The molecule has 0 bridgehead atoms. The number of carbonyl (C=O) groups excluding carboxylic acids is 1. The quantitative estimate of drug-likeness (QED) is 0.785. The molecule has 0 fully saturated rings. The van der Waals surface area contributed by atoms with Crippen LogP contribution in [0.4, 0.5) is 0 Å². The van der Waals surface area contributed by atoms with Gasteiger partial charge in [-0.2, -0.15) is 4.98 Å². The zero-order valence-corrected chi connectivity index (χ0v) is 9.48. The number of ketones is 1. The second kappa shape index (κ2) is 3.94. The summed E-state index contributed by atoms with van der Waals surface area (Å²) in [7, 11) is 0. The third-order valence-corrected chi connectivity index (χ3v) is 2.30. The van der Waals surface area contributed by atoms with Crippen molar-refractivity contribution in [2.24, 2.45) is 0 Å². The van der Waals surface area contributed by atoms with Crippen LogP contribution in [-0.2, 0) is 0 Å². The lowest BCUT2D eigenvalue weighted by Crippen LogP contribution is -1.91. The minimum absolute atomic E-state index is 0.0324. The van der Waals surface area contributed by atoms with E-state index in [0.717, 1.165) is 10.0 Å². The minimum Gasteiger partial charge on any atom is -0.330 e. The monoisotopic (exact) mass is 266 g/mol. The number of rotatable bonds is 2. The standard InChI is InChI=1S/C10H7BrN2O2/c1-6(14)10-12-9(13-15-10)7-3-2-4-8(11)5-7/h2-5H,1H3. The molecule has 1 aromatic heterocycles. The van der Waals surface area contributed by atoms with E-state index in [1.54, 1.807) is 0 Å². The van der Waals surface area contributed by atoms with Crippen LogP contribution in [0.1, 0.15) is 17.6 Å². The summed E-state index contributed by atoms with van der Waals surface area (Å²) in [5.74, 6) is 0.218. The van der Waals surface area contributed by atoms with Crippen LogP contribution in [0, 0.1) is 0 Å². The predicted molar refractivity (Wildman–Crippen MR) is 57.4 cm³/mol. The van der Waals surface area contributed by atoms with E-state index in [1.807, 2.05) is 24.3 Å². The zero-order chi connectivity index (χ0) is 10.8. The molecule has 2 aromatic rings. The van der Waals surface area contributed by atoms with E-state index in [4.69, 9.17) is 4.52 Å². The molecule has 0 aliphatic heterocycles. The van der Waals surface area contributed by atoms with Crippen molar-refractivity contribution in [3.63, 3.8) is 0 Å². The molecule has 4 nitrogen and oxygen atoms in total. The van der Waals surface area contributed by atoms with E-state index in [0.29, 0.717) is 5.82 Å². The molecule has 5 heteroatoms. The average molecular weight is 267 g/mol. The highest BCUT2D eigenvalue weighted by Gasteiger charge is 2.11. The minimum atomic E-state index is -0.233. The lowest BCUT2D eigenvalue weighted by Gasteiger charge is -1.93. The van der Waals surface area contributed by atoms with E-state index < -0.39 is 0 Å². The fourth-order valence-electron chi connectivity index (χ4n) is 1.11. The molecule has 0 spiro atoms. The van der Waals surface area contributed by atoms with Crippen LogP contribution in [0.25, 0.3) is 11.4 Å². The molecule has 0 aliphatic carbocycles. The number of hydrogen-bond donors (Lipinski definition) is 0. The molecule has 15 heavy (non-hydrogen) atoms. The van der Waals surface area contributed by atoms with Crippen molar-refractivity contribution in [2.75, 3.05) is 0 Å². The van der Waals surface area contributed by atoms with Gasteiger partial charge < -0.3 is 4.52 Å². The first-order chi connectivity index (χ1) is 7.16. The molecular weight excluding hydrogens is 260 g/mol. The highest BCUT2D eigenvalue weighted by atomic mass is 79.9. The molecule has 0 amide bonds. The van der Waals surface area contributed by atoms with Crippen molar-refractivity contribution >= 4 is 21.7 Å². The summed E-state index contributed by atoms with van der Waals surface area (Å²) in [4.78, 5) is 14.9. The lowest BCUT2D eigenvalue weighted by molar-refractivity contribution is 0.0972. The Morgan fingerprint density at radius 3 is 2.87 bits per heavy atom. The van der Waals surface area contributed by atoms with E-state index in [-0.39, 0.29) is 11.7 Å². The Labute approximate surface area is 94.4 Å². The Kier molecular flexibility index (Phi) is 2.64. The number of carbonyl (C=O) groups is 1. The maximum atomic E-state index is 11.0. The van der Waals surface area contributed by atoms with Crippen molar-refractivity contribution < 1.29 is 9.32 Å². The fraction of sp³-hybridized carbons (Fsp3) is 0.100. The van der Waals surface area contributed by atoms with Crippen LogP contribution in [0.15, 0.2) is 33.3 Å². The molecule has 0 saturated carbocycles. The first-order valence-electron chi connectivity index (χ1n) is 4.27. The SMILES string of the molecule is CC(=O)c1nc(-c2cccc(Br)c2)no1.